The topological polar surface area (TPSA) is 114 Å². The number of amides is 3. The fourth-order valence-corrected chi connectivity index (χ4v) is 5.80. The quantitative estimate of drug-likeness (QED) is 0.661. The van der Waals surface area contributed by atoms with E-state index in [4.69, 9.17) is 0 Å². The fourth-order valence-electron chi connectivity index (χ4n) is 3.98. The normalized spacial score (nSPS) is 19.2. The van der Waals surface area contributed by atoms with Gasteiger partial charge in [-0.15, -0.1) is 11.3 Å². The Bertz CT molecular complexity index is 1140. The summed E-state index contributed by atoms with van der Waals surface area (Å²) in [5.41, 5.74) is 1.39. The maximum atomic E-state index is 13.2. The van der Waals surface area contributed by atoms with Crippen LogP contribution in [0.4, 0.5) is 5.13 Å². The van der Waals surface area contributed by atoms with Crippen LogP contribution in [-0.2, 0) is 27.5 Å². The summed E-state index contributed by atoms with van der Waals surface area (Å²) in [5.74, 6) is -1.58. The van der Waals surface area contributed by atoms with Crippen molar-refractivity contribution < 1.29 is 22.8 Å². The second-order valence-corrected chi connectivity index (χ2v) is 11.5. The lowest BCUT2D eigenvalue weighted by atomic mass is 9.93. The van der Waals surface area contributed by atoms with Crippen molar-refractivity contribution in [3.05, 3.63) is 46.0 Å². The van der Waals surface area contributed by atoms with Gasteiger partial charge in [0, 0.05) is 11.1 Å². The molecular formula is C21H23N3O5S2. The SMILES string of the molecule is C[C@H]1CCc2nc(NC(=O)[C@@H](CCS(C)(=O)=O)N3C(=O)c4ccccc4C3=O)sc2C1. The van der Waals surface area contributed by atoms with Crippen LogP contribution in [-0.4, -0.2) is 54.1 Å². The van der Waals surface area contributed by atoms with Crippen molar-refractivity contribution in [2.45, 2.75) is 38.6 Å². The van der Waals surface area contributed by atoms with Crippen molar-refractivity contribution in [3.8, 4) is 0 Å². The monoisotopic (exact) mass is 461 g/mol. The third-order valence-corrected chi connectivity index (χ3v) is 7.63. The van der Waals surface area contributed by atoms with Crippen molar-refractivity contribution in [1.82, 2.24) is 9.88 Å². The van der Waals surface area contributed by atoms with Crippen LogP contribution in [0.15, 0.2) is 24.3 Å². The summed E-state index contributed by atoms with van der Waals surface area (Å²) in [6, 6.07) is 5.08. The number of anilines is 1. The molecule has 8 nitrogen and oxygen atoms in total. The van der Waals surface area contributed by atoms with Gasteiger partial charge in [-0.3, -0.25) is 19.3 Å². The zero-order valence-corrected chi connectivity index (χ0v) is 18.9. The van der Waals surface area contributed by atoms with Crippen molar-refractivity contribution >= 4 is 44.0 Å². The van der Waals surface area contributed by atoms with Crippen LogP contribution in [0, 0.1) is 5.92 Å². The Morgan fingerprint density at radius 1 is 1.26 bits per heavy atom. The number of sulfone groups is 1. The lowest BCUT2D eigenvalue weighted by Gasteiger charge is -2.24. The molecule has 0 saturated carbocycles. The smallest absolute Gasteiger partial charge is 0.262 e. The van der Waals surface area contributed by atoms with Crippen molar-refractivity contribution in [2.75, 3.05) is 17.3 Å². The van der Waals surface area contributed by atoms with Gasteiger partial charge in [0.25, 0.3) is 11.8 Å². The summed E-state index contributed by atoms with van der Waals surface area (Å²) in [6.07, 6.45) is 3.66. The van der Waals surface area contributed by atoms with Crippen LogP contribution in [0.2, 0.25) is 0 Å². The average molecular weight is 462 g/mol. The van der Waals surface area contributed by atoms with E-state index in [1.54, 1.807) is 12.1 Å². The van der Waals surface area contributed by atoms with Crippen molar-refractivity contribution in [1.29, 1.82) is 0 Å². The molecule has 4 rings (SSSR count). The number of fused-ring (bicyclic) bond motifs is 2. The summed E-state index contributed by atoms with van der Waals surface area (Å²) in [7, 11) is -3.41. The Labute approximate surface area is 184 Å². The van der Waals surface area contributed by atoms with E-state index in [2.05, 4.69) is 17.2 Å². The van der Waals surface area contributed by atoms with E-state index in [9.17, 15) is 22.8 Å². The first kappa shape index (κ1) is 21.6. The van der Waals surface area contributed by atoms with Crippen LogP contribution in [0.5, 0.6) is 0 Å². The molecule has 1 aliphatic carbocycles. The lowest BCUT2D eigenvalue weighted by Crippen LogP contribution is -2.48. The third kappa shape index (κ3) is 4.40. The Kier molecular flexibility index (Phi) is 5.69. The largest absolute Gasteiger partial charge is 0.300 e. The van der Waals surface area contributed by atoms with Crippen molar-refractivity contribution in [2.24, 2.45) is 5.92 Å². The van der Waals surface area contributed by atoms with E-state index in [0.717, 1.165) is 41.0 Å². The highest BCUT2D eigenvalue weighted by atomic mass is 32.2. The Morgan fingerprint density at radius 3 is 2.52 bits per heavy atom. The number of nitrogens with one attached hydrogen (secondary N) is 1. The molecule has 0 fully saturated rings. The van der Waals surface area contributed by atoms with E-state index in [0.29, 0.717) is 11.0 Å². The number of rotatable bonds is 6. The molecule has 164 valence electrons. The predicted octanol–water partition coefficient (Wildman–Crippen LogP) is 2.31. The molecule has 0 spiro atoms. The van der Waals surface area contributed by atoms with Crippen LogP contribution >= 0.6 is 11.3 Å². The zero-order valence-electron chi connectivity index (χ0n) is 17.3. The van der Waals surface area contributed by atoms with Gasteiger partial charge in [0.15, 0.2) is 5.13 Å². The molecule has 3 amide bonds. The first-order chi connectivity index (χ1) is 14.6. The summed E-state index contributed by atoms with van der Waals surface area (Å²) in [5, 5.41) is 3.13. The molecule has 1 aliphatic heterocycles. The third-order valence-electron chi connectivity index (χ3n) is 5.62. The number of carbonyl (C=O) groups excluding carboxylic acids is 3. The van der Waals surface area contributed by atoms with Gasteiger partial charge >= 0.3 is 0 Å². The second-order valence-electron chi connectivity index (χ2n) is 8.19. The highest BCUT2D eigenvalue weighted by Gasteiger charge is 2.43. The Morgan fingerprint density at radius 2 is 1.90 bits per heavy atom. The van der Waals surface area contributed by atoms with Crippen LogP contribution in [0.1, 0.15) is 51.1 Å². The van der Waals surface area contributed by atoms with Crippen LogP contribution < -0.4 is 5.32 Å². The minimum atomic E-state index is -3.41. The number of nitrogens with zero attached hydrogens (tertiary/aromatic N) is 2. The minimum Gasteiger partial charge on any atom is -0.300 e. The maximum absolute atomic E-state index is 13.2. The molecule has 0 unspecified atom stereocenters. The summed E-state index contributed by atoms with van der Waals surface area (Å²) in [4.78, 5) is 45.4. The van der Waals surface area contributed by atoms with E-state index >= 15 is 0 Å². The van der Waals surface area contributed by atoms with Gasteiger partial charge in [-0.05, 0) is 43.7 Å². The molecule has 1 aromatic carbocycles. The van der Waals surface area contributed by atoms with Crippen molar-refractivity contribution in [3.63, 3.8) is 0 Å². The van der Waals surface area contributed by atoms with Crippen LogP contribution in [0.25, 0.3) is 0 Å². The predicted molar refractivity (Wildman–Crippen MR) is 117 cm³/mol. The van der Waals surface area contributed by atoms with Gasteiger partial charge in [-0.25, -0.2) is 13.4 Å². The number of aryl methyl sites for hydroxylation is 1. The van der Waals surface area contributed by atoms with E-state index in [1.807, 2.05) is 0 Å². The Hall–Kier alpha value is -2.59. The lowest BCUT2D eigenvalue weighted by molar-refractivity contribution is -0.120. The van der Waals surface area contributed by atoms with Gasteiger partial charge in [-0.1, -0.05) is 19.1 Å². The number of hydrogen-bond donors (Lipinski definition) is 1. The van der Waals surface area contributed by atoms with E-state index in [1.165, 1.54) is 23.5 Å². The fraction of sp³-hybridized carbons (Fsp3) is 0.429. The average Bonchev–Trinajstić information content (AvgIpc) is 3.20. The molecule has 2 aliphatic rings. The molecular weight excluding hydrogens is 438 g/mol. The van der Waals surface area contributed by atoms with Gasteiger partial charge in [0.2, 0.25) is 5.91 Å². The van der Waals surface area contributed by atoms with Gasteiger partial charge in [0.05, 0.1) is 22.6 Å². The summed E-state index contributed by atoms with van der Waals surface area (Å²) in [6.45, 7) is 2.17. The maximum Gasteiger partial charge on any atom is 0.262 e. The highest BCUT2D eigenvalue weighted by Crippen LogP contribution is 2.33. The molecule has 1 N–H and O–H groups in total. The molecule has 2 atom stereocenters. The molecule has 0 radical (unpaired) electrons. The number of thiazole rings is 1. The molecule has 31 heavy (non-hydrogen) atoms. The van der Waals surface area contributed by atoms with E-state index < -0.39 is 33.6 Å². The number of aromatic nitrogens is 1. The number of hydrogen-bond acceptors (Lipinski definition) is 7. The first-order valence-corrected chi connectivity index (χ1v) is 13.0. The second kappa shape index (κ2) is 8.16. The van der Waals surface area contributed by atoms with Gasteiger partial charge in [-0.2, -0.15) is 0 Å². The molecule has 0 saturated heterocycles. The molecule has 1 aromatic heterocycles. The highest BCUT2D eigenvalue weighted by molar-refractivity contribution is 7.90. The van der Waals surface area contributed by atoms with Gasteiger partial charge in [0.1, 0.15) is 15.9 Å². The molecule has 10 heteroatoms. The number of carbonyl (C=O) groups is 3. The van der Waals surface area contributed by atoms with Crippen LogP contribution in [0.3, 0.4) is 0 Å². The molecule has 2 heterocycles. The standard InChI is InChI=1S/C21H23N3O5S2/c1-12-7-8-15-17(11-12)30-21(22-15)23-18(25)16(9-10-31(2,28)29)24-19(26)13-5-3-4-6-14(13)20(24)27/h3-6,12,16H,7-11H2,1-2H3,(H,22,23,25)/t12-,16+/m0/s1. The summed E-state index contributed by atoms with van der Waals surface area (Å²) >= 11 is 1.39. The minimum absolute atomic E-state index is 0.182. The zero-order chi connectivity index (χ0) is 22.3. The number of imide groups is 1. The molecule has 2 aromatic rings. The van der Waals surface area contributed by atoms with Gasteiger partial charge < -0.3 is 5.32 Å². The molecule has 0 bridgehead atoms. The summed E-state index contributed by atoms with van der Waals surface area (Å²) < 4.78 is 23.5. The number of benzene rings is 1. The van der Waals surface area contributed by atoms with E-state index in [-0.39, 0.29) is 23.3 Å². The Balaban J connectivity index is 1.60. The first-order valence-electron chi connectivity index (χ1n) is 10.1.